The van der Waals surface area contributed by atoms with Gasteiger partial charge in [-0.05, 0) is 41.5 Å². The zero-order valence-corrected chi connectivity index (χ0v) is 19.3. The van der Waals surface area contributed by atoms with E-state index in [-0.39, 0.29) is 6.42 Å². The van der Waals surface area contributed by atoms with Crippen LogP contribution < -0.4 is 0 Å². The first-order valence-corrected chi connectivity index (χ1v) is 10.9. The van der Waals surface area contributed by atoms with Gasteiger partial charge in [-0.15, -0.1) is 0 Å². The summed E-state index contributed by atoms with van der Waals surface area (Å²) in [6.07, 6.45) is -6.08. The van der Waals surface area contributed by atoms with Gasteiger partial charge in [-0.1, -0.05) is 0 Å². The smallest absolute Gasteiger partial charge is 0.186 e. The van der Waals surface area contributed by atoms with Crippen molar-refractivity contribution in [3.8, 4) is 0 Å². The molecule has 31 heavy (non-hydrogen) atoms. The van der Waals surface area contributed by atoms with Crippen molar-refractivity contribution in [2.45, 2.75) is 120 Å². The Hall–Kier alpha value is -0.400. The Morgan fingerprint density at radius 1 is 0.774 bits per heavy atom. The minimum Gasteiger partial charge on any atom is -0.390 e. The van der Waals surface area contributed by atoms with Crippen LogP contribution in [0.4, 0.5) is 0 Å². The number of rotatable bonds is 6. The molecular formula is C21H36O10. The molecule has 0 spiro atoms. The average Bonchev–Trinajstić information content (AvgIpc) is 3.34. The topological polar surface area (TPSA) is 114 Å². The minimum absolute atomic E-state index is 0.00825. The van der Waals surface area contributed by atoms with E-state index in [4.69, 9.17) is 37.9 Å². The minimum atomic E-state index is -1.04. The molecule has 0 radical (unpaired) electrons. The number of fused-ring (bicyclic) bond motifs is 1. The molecule has 0 saturated carbocycles. The summed E-state index contributed by atoms with van der Waals surface area (Å²) in [6.45, 7) is 11.2. The van der Waals surface area contributed by atoms with Crippen molar-refractivity contribution in [2.75, 3.05) is 13.7 Å². The lowest BCUT2D eigenvalue weighted by atomic mass is 9.95. The third-order valence-corrected chi connectivity index (χ3v) is 6.08. The maximum absolute atomic E-state index is 11.0. The van der Waals surface area contributed by atoms with Gasteiger partial charge in [0, 0.05) is 13.5 Å². The summed E-state index contributed by atoms with van der Waals surface area (Å²) in [7, 11) is 1.52. The Kier molecular flexibility index (Phi) is 6.22. The summed E-state index contributed by atoms with van der Waals surface area (Å²) in [5, 5.41) is 22.0. The monoisotopic (exact) mass is 448 g/mol. The lowest BCUT2D eigenvalue weighted by Crippen LogP contribution is -2.47. The Morgan fingerprint density at radius 2 is 1.35 bits per heavy atom. The van der Waals surface area contributed by atoms with E-state index in [9.17, 15) is 10.2 Å². The highest BCUT2D eigenvalue weighted by atomic mass is 16.8. The maximum Gasteiger partial charge on any atom is 0.186 e. The standard InChI is InChI=1S/C21H36O10/c1-19(2)25-9-12(27-19)15-14(28-20(3,4)29-15)11(23)8-10(22)13-16-17(18(24-7)26-13)31-21(5,6)30-16/h10-18,22-23H,8-9H2,1-7H3/t10-,11+,12+,13-,14+,15+,16+,17+,18+/m1/s1. The van der Waals surface area contributed by atoms with Gasteiger partial charge in [0.05, 0.1) is 18.8 Å². The Balaban J connectivity index is 1.43. The van der Waals surface area contributed by atoms with Gasteiger partial charge < -0.3 is 48.1 Å². The Bertz CT molecular complexity index is 652. The van der Waals surface area contributed by atoms with Crippen LogP contribution in [0.3, 0.4) is 0 Å². The van der Waals surface area contributed by atoms with Crippen LogP contribution in [-0.2, 0) is 37.9 Å². The second-order valence-electron chi connectivity index (χ2n) is 10.1. The number of methoxy groups -OCH3 is 1. The third kappa shape index (κ3) is 4.79. The number of aliphatic hydroxyl groups excluding tert-OH is 2. The zero-order valence-electron chi connectivity index (χ0n) is 19.3. The van der Waals surface area contributed by atoms with Crippen LogP contribution in [0.5, 0.6) is 0 Å². The van der Waals surface area contributed by atoms with Gasteiger partial charge in [0.15, 0.2) is 23.7 Å². The number of hydrogen-bond acceptors (Lipinski definition) is 10. The fraction of sp³-hybridized carbons (Fsp3) is 1.00. The van der Waals surface area contributed by atoms with E-state index in [0.29, 0.717) is 6.61 Å². The number of ether oxygens (including phenoxy) is 8. The molecule has 4 heterocycles. The van der Waals surface area contributed by atoms with Crippen molar-refractivity contribution in [1.82, 2.24) is 0 Å². The highest BCUT2D eigenvalue weighted by Gasteiger charge is 2.58. The Morgan fingerprint density at radius 3 is 1.97 bits per heavy atom. The molecule has 0 bridgehead atoms. The molecule has 9 atom stereocenters. The van der Waals surface area contributed by atoms with Gasteiger partial charge >= 0.3 is 0 Å². The first kappa shape index (κ1) is 23.7. The van der Waals surface area contributed by atoms with Crippen LogP contribution in [0.25, 0.3) is 0 Å². The Labute approximate surface area is 183 Å². The van der Waals surface area contributed by atoms with Crippen LogP contribution in [0.2, 0.25) is 0 Å². The summed E-state index contributed by atoms with van der Waals surface area (Å²) >= 11 is 0. The van der Waals surface area contributed by atoms with Crippen molar-refractivity contribution in [3.63, 3.8) is 0 Å². The fourth-order valence-corrected chi connectivity index (χ4v) is 4.89. The van der Waals surface area contributed by atoms with Gasteiger partial charge in [0.1, 0.15) is 36.6 Å². The molecular weight excluding hydrogens is 412 g/mol. The quantitative estimate of drug-likeness (QED) is 0.601. The first-order chi connectivity index (χ1) is 14.3. The van der Waals surface area contributed by atoms with Gasteiger partial charge in [0.2, 0.25) is 0 Å². The molecule has 0 aromatic carbocycles. The summed E-state index contributed by atoms with van der Waals surface area (Å²) in [4.78, 5) is 0. The van der Waals surface area contributed by atoms with Crippen LogP contribution in [0.15, 0.2) is 0 Å². The van der Waals surface area contributed by atoms with Crippen LogP contribution >= 0.6 is 0 Å². The van der Waals surface area contributed by atoms with E-state index in [0.717, 1.165) is 0 Å². The highest BCUT2D eigenvalue weighted by molar-refractivity contribution is 5.00. The lowest BCUT2D eigenvalue weighted by molar-refractivity contribution is -0.238. The molecule has 4 aliphatic heterocycles. The van der Waals surface area contributed by atoms with Crippen molar-refractivity contribution >= 4 is 0 Å². The van der Waals surface area contributed by atoms with Crippen molar-refractivity contribution in [3.05, 3.63) is 0 Å². The summed E-state index contributed by atoms with van der Waals surface area (Å²) in [5.41, 5.74) is 0. The van der Waals surface area contributed by atoms with E-state index in [1.165, 1.54) is 7.11 Å². The van der Waals surface area contributed by atoms with Crippen molar-refractivity contribution in [1.29, 1.82) is 0 Å². The van der Waals surface area contributed by atoms with E-state index in [1.54, 1.807) is 27.7 Å². The van der Waals surface area contributed by atoms with Gasteiger partial charge in [-0.3, -0.25) is 0 Å². The number of aliphatic hydroxyl groups is 2. The summed E-state index contributed by atoms with van der Waals surface area (Å²) in [5.74, 6) is -2.44. The zero-order chi connectivity index (χ0) is 22.8. The molecule has 4 aliphatic rings. The molecule has 4 rings (SSSR count). The second-order valence-corrected chi connectivity index (χ2v) is 10.1. The van der Waals surface area contributed by atoms with Crippen LogP contribution in [0, 0.1) is 0 Å². The predicted molar refractivity (Wildman–Crippen MR) is 105 cm³/mol. The first-order valence-electron chi connectivity index (χ1n) is 10.9. The molecule has 0 aromatic rings. The molecule has 0 aliphatic carbocycles. The normalized spacial score (nSPS) is 45.0. The maximum atomic E-state index is 11.0. The SMILES string of the molecule is CO[C@H]1O[C@H]([C@H](O)C[C@H](O)[C@@H]2OC(C)(C)O[C@H]2[C@@H]2COC(C)(C)O2)[C@@H]2OC(C)(C)O[C@H]12. The van der Waals surface area contributed by atoms with E-state index in [2.05, 4.69) is 0 Å². The van der Waals surface area contributed by atoms with Gasteiger partial charge in [0.25, 0.3) is 0 Å². The number of hydrogen-bond donors (Lipinski definition) is 2. The third-order valence-electron chi connectivity index (χ3n) is 6.08. The average molecular weight is 449 g/mol. The molecule has 4 fully saturated rings. The molecule has 10 heteroatoms. The largest absolute Gasteiger partial charge is 0.390 e. The molecule has 0 amide bonds. The fourth-order valence-electron chi connectivity index (χ4n) is 4.89. The molecule has 0 unspecified atom stereocenters. The molecule has 4 saturated heterocycles. The molecule has 180 valence electrons. The molecule has 0 aromatic heterocycles. The van der Waals surface area contributed by atoms with Crippen LogP contribution in [-0.4, -0.2) is 96.4 Å². The van der Waals surface area contributed by atoms with Crippen molar-refractivity contribution < 1.29 is 48.1 Å². The van der Waals surface area contributed by atoms with Gasteiger partial charge in [-0.25, -0.2) is 0 Å². The van der Waals surface area contributed by atoms with Crippen molar-refractivity contribution in [2.24, 2.45) is 0 Å². The molecule has 10 nitrogen and oxygen atoms in total. The van der Waals surface area contributed by atoms with Gasteiger partial charge in [-0.2, -0.15) is 0 Å². The summed E-state index contributed by atoms with van der Waals surface area (Å²) < 4.78 is 46.6. The summed E-state index contributed by atoms with van der Waals surface area (Å²) in [6, 6.07) is 0. The highest BCUT2D eigenvalue weighted by Crippen LogP contribution is 2.42. The van der Waals surface area contributed by atoms with E-state index < -0.39 is 72.5 Å². The molecule has 2 N–H and O–H groups in total. The van der Waals surface area contributed by atoms with E-state index >= 15 is 0 Å². The lowest BCUT2D eigenvalue weighted by Gasteiger charge is -2.30. The predicted octanol–water partition coefficient (Wildman–Crippen LogP) is 0.661. The second kappa shape index (κ2) is 8.12. The van der Waals surface area contributed by atoms with E-state index in [1.807, 2.05) is 13.8 Å². The van der Waals surface area contributed by atoms with Crippen LogP contribution in [0.1, 0.15) is 48.0 Å².